The molecule has 0 saturated carbocycles. The van der Waals surface area contributed by atoms with E-state index in [-0.39, 0.29) is 5.91 Å². The van der Waals surface area contributed by atoms with Gasteiger partial charge in [0.05, 0.1) is 0 Å². The van der Waals surface area contributed by atoms with Crippen molar-refractivity contribution in [3.8, 4) is 0 Å². The van der Waals surface area contributed by atoms with Gasteiger partial charge < -0.3 is 5.32 Å². The summed E-state index contributed by atoms with van der Waals surface area (Å²) in [5, 5.41) is 2.66. The van der Waals surface area contributed by atoms with E-state index in [4.69, 9.17) is 0 Å². The lowest BCUT2D eigenvalue weighted by Crippen LogP contribution is -2.18. The van der Waals surface area contributed by atoms with E-state index >= 15 is 0 Å². The highest BCUT2D eigenvalue weighted by atomic mass is 16.1. The summed E-state index contributed by atoms with van der Waals surface area (Å²) in [6.45, 7) is 4.43. The van der Waals surface area contributed by atoms with E-state index in [1.807, 2.05) is 0 Å². The molecule has 1 atom stereocenters. The van der Waals surface area contributed by atoms with E-state index < -0.39 is 0 Å². The highest BCUT2D eigenvalue weighted by Gasteiger charge is 2.07. The smallest absolute Gasteiger partial charge is 0.219 e. The lowest BCUT2D eigenvalue weighted by molar-refractivity contribution is -0.120. The first-order chi connectivity index (χ1) is 6.24. The van der Waals surface area contributed by atoms with Gasteiger partial charge in [0.15, 0.2) is 0 Å². The maximum Gasteiger partial charge on any atom is 0.219 e. The molecule has 0 aliphatic heterocycles. The molecule has 0 aliphatic carbocycles. The van der Waals surface area contributed by atoms with E-state index in [1.54, 1.807) is 7.05 Å². The van der Waals surface area contributed by atoms with Gasteiger partial charge in [-0.2, -0.15) is 0 Å². The summed E-state index contributed by atoms with van der Waals surface area (Å²) < 4.78 is 0. The number of carbonyl (C=O) groups is 1. The Bertz CT molecular complexity index is 134. The van der Waals surface area contributed by atoms with Crippen LogP contribution in [0.4, 0.5) is 0 Å². The maximum atomic E-state index is 11.0. The molecule has 78 valence electrons. The number of nitrogens with one attached hydrogen (secondary N) is 1. The fraction of sp³-hybridized carbons (Fsp3) is 0.909. The molecule has 0 aromatic heterocycles. The van der Waals surface area contributed by atoms with E-state index in [0.717, 1.165) is 12.3 Å². The quantitative estimate of drug-likeness (QED) is 0.649. The topological polar surface area (TPSA) is 29.1 Å². The highest BCUT2D eigenvalue weighted by Crippen LogP contribution is 2.17. The SMILES string of the molecule is CCCCC(CC)CCC(=O)NC. The second-order valence-corrected chi connectivity index (χ2v) is 3.63. The van der Waals surface area contributed by atoms with Gasteiger partial charge in [-0.05, 0) is 12.3 Å². The normalized spacial score (nSPS) is 12.5. The molecule has 0 bridgehead atoms. The van der Waals surface area contributed by atoms with Crippen molar-refractivity contribution in [3.63, 3.8) is 0 Å². The second-order valence-electron chi connectivity index (χ2n) is 3.63. The first-order valence-electron chi connectivity index (χ1n) is 5.45. The zero-order valence-electron chi connectivity index (χ0n) is 9.23. The third kappa shape index (κ3) is 6.62. The van der Waals surface area contributed by atoms with Crippen LogP contribution in [0.15, 0.2) is 0 Å². The summed E-state index contributed by atoms with van der Waals surface area (Å²) in [6.07, 6.45) is 6.79. The van der Waals surface area contributed by atoms with Crippen molar-refractivity contribution in [1.29, 1.82) is 0 Å². The van der Waals surface area contributed by atoms with Crippen molar-refractivity contribution in [2.24, 2.45) is 5.92 Å². The standard InChI is InChI=1S/C11H23NO/c1-4-6-7-10(5-2)8-9-11(13)12-3/h10H,4-9H2,1-3H3,(H,12,13). The van der Waals surface area contributed by atoms with Crippen LogP contribution in [0.5, 0.6) is 0 Å². The lowest BCUT2D eigenvalue weighted by Gasteiger charge is -2.13. The predicted molar refractivity (Wildman–Crippen MR) is 56.6 cm³/mol. The number of hydrogen-bond donors (Lipinski definition) is 1. The van der Waals surface area contributed by atoms with Gasteiger partial charge in [0.1, 0.15) is 0 Å². The van der Waals surface area contributed by atoms with E-state index in [9.17, 15) is 4.79 Å². The molecular weight excluding hydrogens is 162 g/mol. The van der Waals surface area contributed by atoms with Crippen molar-refractivity contribution in [1.82, 2.24) is 5.32 Å². The Morgan fingerprint density at radius 2 is 2.00 bits per heavy atom. The minimum Gasteiger partial charge on any atom is -0.359 e. The lowest BCUT2D eigenvalue weighted by atomic mass is 9.94. The van der Waals surface area contributed by atoms with Crippen LogP contribution in [0.1, 0.15) is 52.4 Å². The molecule has 0 aliphatic rings. The molecule has 13 heavy (non-hydrogen) atoms. The molecule has 1 amide bonds. The van der Waals surface area contributed by atoms with Crippen LogP contribution in [0.2, 0.25) is 0 Å². The summed E-state index contributed by atoms with van der Waals surface area (Å²) in [5.41, 5.74) is 0. The Kier molecular flexibility index (Phi) is 7.76. The van der Waals surface area contributed by atoms with Crippen LogP contribution in [0, 0.1) is 5.92 Å². The average Bonchev–Trinajstić information content (AvgIpc) is 2.17. The van der Waals surface area contributed by atoms with Crippen molar-refractivity contribution in [2.45, 2.75) is 52.4 Å². The van der Waals surface area contributed by atoms with E-state index in [1.165, 1.54) is 25.7 Å². The van der Waals surface area contributed by atoms with E-state index in [2.05, 4.69) is 19.2 Å². The fourth-order valence-corrected chi connectivity index (χ4v) is 1.51. The summed E-state index contributed by atoms with van der Waals surface area (Å²) in [4.78, 5) is 11.0. The van der Waals surface area contributed by atoms with Crippen LogP contribution in [-0.2, 0) is 4.79 Å². The van der Waals surface area contributed by atoms with Gasteiger partial charge in [-0.15, -0.1) is 0 Å². The first kappa shape index (κ1) is 12.5. The van der Waals surface area contributed by atoms with Crippen LogP contribution in [0.25, 0.3) is 0 Å². The van der Waals surface area contributed by atoms with Crippen LogP contribution < -0.4 is 5.32 Å². The molecule has 0 radical (unpaired) electrons. The fourth-order valence-electron chi connectivity index (χ4n) is 1.51. The Labute approximate surface area is 82.1 Å². The van der Waals surface area contributed by atoms with Gasteiger partial charge in [0.2, 0.25) is 5.91 Å². The van der Waals surface area contributed by atoms with Gasteiger partial charge in [0, 0.05) is 13.5 Å². The molecule has 0 rings (SSSR count). The Balaban J connectivity index is 3.52. The van der Waals surface area contributed by atoms with Gasteiger partial charge in [-0.1, -0.05) is 39.5 Å². The van der Waals surface area contributed by atoms with Crippen molar-refractivity contribution in [2.75, 3.05) is 7.05 Å². The minimum atomic E-state index is 0.176. The second kappa shape index (κ2) is 8.09. The maximum absolute atomic E-state index is 11.0. The Morgan fingerprint density at radius 1 is 1.31 bits per heavy atom. The molecule has 0 aromatic rings. The number of unbranched alkanes of at least 4 members (excludes halogenated alkanes) is 1. The molecule has 0 heterocycles. The molecular formula is C11H23NO. The summed E-state index contributed by atoms with van der Waals surface area (Å²) in [5.74, 6) is 0.923. The summed E-state index contributed by atoms with van der Waals surface area (Å²) in [6, 6.07) is 0. The van der Waals surface area contributed by atoms with Gasteiger partial charge >= 0.3 is 0 Å². The molecule has 0 fully saturated rings. The van der Waals surface area contributed by atoms with Crippen molar-refractivity contribution < 1.29 is 4.79 Å². The number of amides is 1. The van der Waals surface area contributed by atoms with Crippen LogP contribution >= 0.6 is 0 Å². The zero-order valence-corrected chi connectivity index (χ0v) is 9.23. The van der Waals surface area contributed by atoms with Gasteiger partial charge in [0.25, 0.3) is 0 Å². The molecule has 0 saturated heterocycles. The van der Waals surface area contributed by atoms with Crippen molar-refractivity contribution in [3.05, 3.63) is 0 Å². The Hall–Kier alpha value is -0.530. The highest BCUT2D eigenvalue weighted by molar-refractivity contribution is 5.75. The van der Waals surface area contributed by atoms with Gasteiger partial charge in [-0.25, -0.2) is 0 Å². The first-order valence-corrected chi connectivity index (χ1v) is 5.45. The number of hydrogen-bond acceptors (Lipinski definition) is 1. The molecule has 1 N–H and O–H groups in total. The summed E-state index contributed by atoms with van der Waals surface area (Å²) in [7, 11) is 1.70. The van der Waals surface area contributed by atoms with Crippen LogP contribution in [-0.4, -0.2) is 13.0 Å². The molecule has 0 spiro atoms. The Morgan fingerprint density at radius 3 is 2.46 bits per heavy atom. The molecule has 2 nitrogen and oxygen atoms in total. The van der Waals surface area contributed by atoms with Gasteiger partial charge in [-0.3, -0.25) is 4.79 Å². The largest absolute Gasteiger partial charge is 0.359 e. The zero-order chi connectivity index (χ0) is 10.1. The van der Waals surface area contributed by atoms with Crippen molar-refractivity contribution >= 4 is 5.91 Å². The van der Waals surface area contributed by atoms with Crippen LogP contribution in [0.3, 0.4) is 0 Å². The van der Waals surface area contributed by atoms with E-state index in [0.29, 0.717) is 6.42 Å². The molecule has 0 aromatic carbocycles. The summed E-state index contributed by atoms with van der Waals surface area (Å²) >= 11 is 0. The third-order valence-corrected chi connectivity index (χ3v) is 2.60. The number of rotatable bonds is 7. The minimum absolute atomic E-state index is 0.176. The molecule has 2 heteroatoms. The monoisotopic (exact) mass is 185 g/mol. The predicted octanol–water partition coefficient (Wildman–Crippen LogP) is 2.73. The number of carbonyl (C=O) groups excluding carboxylic acids is 1. The average molecular weight is 185 g/mol. The third-order valence-electron chi connectivity index (χ3n) is 2.60. The molecule has 1 unspecified atom stereocenters.